The van der Waals surface area contributed by atoms with E-state index in [4.69, 9.17) is 0 Å². The van der Waals surface area contributed by atoms with Crippen LogP contribution in [0.3, 0.4) is 0 Å². The quantitative estimate of drug-likeness (QED) is 0.504. The standard InChI is InChI=1S/C17H25N3O3/c1-3-19-17(23)15-9-7-14(8-10-15)12-20(2)16(22)6-4-5-11-18-13-21/h7-10,13H,3-6,11-12H2,1-2H3,(H,18,21)(H,19,23). The third-order valence-corrected chi connectivity index (χ3v) is 3.44. The molecule has 2 N–H and O–H groups in total. The lowest BCUT2D eigenvalue weighted by molar-refractivity contribution is -0.130. The zero-order chi connectivity index (χ0) is 17.1. The molecule has 1 aromatic carbocycles. The maximum atomic E-state index is 12.0. The smallest absolute Gasteiger partial charge is 0.251 e. The molecule has 0 aliphatic rings. The minimum atomic E-state index is -0.0904. The van der Waals surface area contributed by atoms with E-state index in [1.54, 1.807) is 24.1 Å². The van der Waals surface area contributed by atoms with Crippen LogP contribution >= 0.6 is 0 Å². The van der Waals surface area contributed by atoms with Gasteiger partial charge in [0.1, 0.15) is 0 Å². The molecule has 0 fully saturated rings. The first-order valence-corrected chi connectivity index (χ1v) is 7.86. The van der Waals surface area contributed by atoms with Crippen molar-refractivity contribution >= 4 is 18.2 Å². The number of carbonyl (C=O) groups excluding carboxylic acids is 3. The fourth-order valence-corrected chi connectivity index (χ4v) is 2.14. The number of hydrogen-bond donors (Lipinski definition) is 2. The van der Waals surface area contributed by atoms with Crippen LogP contribution < -0.4 is 10.6 Å². The zero-order valence-electron chi connectivity index (χ0n) is 13.8. The molecule has 0 saturated heterocycles. The second kappa shape index (κ2) is 10.4. The number of nitrogens with zero attached hydrogens (tertiary/aromatic N) is 1. The Morgan fingerprint density at radius 2 is 1.87 bits per heavy atom. The number of nitrogens with one attached hydrogen (secondary N) is 2. The van der Waals surface area contributed by atoms with Crippen LogP contribution in [0.2, 0.25) is 0 Å². The number of rotatable bonds is 10. The van der Waals surface area contributed by atoms with E-state index in [-0.39, 0.29) is 11.8 Å². The Balaban J connectivity index is 2.41. The maximum absolute atomic E-state index is 12.0. The number of benzene rings is 1. The molecule has 0 aliphatic heterocycles. The lowest BCUT2D eigenvalue weighted by Crippen LogP contribution is -2.26. The van der Waals surface area contributed by atoms with Crippen molar-refractivity contribution in [1.29, 1.82) is 0 Å². The van der Waals surface area contributed by atoms with Gasteiger partial charge in [-0.3, -0.25) is 14.4 Å². The van der Waals surface area contributed by atoms with Crippen LogP contribution in [0.4, 0.5) is 0 Å². The molecule has 0 aromatic heterocycles. The fraction of sp³-hybridized carbons (Fsp3) is 0.471. The van der Waals surface area contributed by atoms with Crippen molar-refractivity contribution in [3.8, 4) is 0 Å². The van der Waals surface area contributed by atoms with E-state index in [2.05, 4.69) is 10.6 Å². The van der Waals surface area contributed by atoms with Crippen LogP contribution in [0.1, 0.15) is 42.1 Å². The molecule has 0 heterocycles. The third kappa shape index (κ3) is 6.95. The molecule has 0 aliphatic carbocycles. The summed E-state index contributed by atoms with van der Waals surface area (Å²) in [5.74, 6) is -0.0173. The molecular formula is C17H25N3O3. The molecule has 0 atom stereocenters. The summed E-state index contributed by atoms with van der Waals surface area (Å²) in [5, 5.41) is 5.32. The lowest BCUT2D eigenvalue weighted by Gasteiger charge is -2.17. The van der Waals surface area contributed by atoms with Crippen molar-refractivity contribution in [1.82, 2.24) is 15.5 Å². The molecule has 1 aromatic rings. The normalized spacial score (nSPS) is 10.0. The van der Waals surface area contributed by atoms with Gasteiger partial charge in [-0.25, -0.2) is 0 Å². The molecule has 0 unspecified atom stereocenters. The molecule has 126 valence electrons. The minimum absolute atomic E-state index is 0.0731. The third-order valence-electron chi connectivity index (χ3n) is 3.44. The molecule has 3 amide bonds. The summed E-state index contributed by atoms with van der Waals surface area (Å²) >= 11 is 0. The van der Waals surface area contributed by atoms with Crippen molar-refractivity contribution in [2.45, 2.75) is 32.7 Å². The van der Waals surface area contributed by atoms with E-state index in [9.17, 15) is 14.4 Å². The Labute approximate surface area is 137 Å². The second-order valence-electron chi connectivity index (χ2n) is 5.34. The van der Waals surface area contributed by atoms with Crippen molar-refractivity contribution in [2.24, 2.45) is 0 Å². The van der Waals surface area contributed by atoms with Gasteiger partial charge in [-0.2, -0.15) is 0 Å². The summed E-state index contributed by atoms with van der Waals surface area (Å²) in [7, 11) is 1.77. The van der Waals surface area contributed by atoms with Crippen LogP contribution in [0.25, 0.3) is 0 Å². The molecule has 23 heavy (non-hydrogen) atoms. The summed E-state index contributed by atoms with van der Waals surface area (Å²) in [4.78, 5) is 35.5. The first-order valence-electron chi connectivity index (χ1n) is 7.86. The summed E-state index contributed by atoms with van der Waals surface area (Å²) < 4.78 is 0. The summed E-state index contributed by atoms with van der Waals surface area (Å²) in [6, 6.07) is 7.26. The van der Waals surface area contributed by atoms with Crippen LogP contribution in [0.15, 0.2) is 24.3 Å². The largest absolute Gasteiger partial charge is 0.359 e. The molecule has 0 bridgehead atoms. The van der Waals surface area contributed by atoms with Crippen molar-refractivity contribution in [2.75, 3.05) is 20.1 Å². The molecule has 0 saturated carbocycles. The highest BCUT2D eigenvalue weighted by molar-refractivity contribution is 5.94. The van der Waals surface area contributed by atoms with E-state index >= 15 is 0 Å². The topological polar surface area (TPSA) is 78.5 Å². The monoisotopic (exact) mass is 319 g/mol. The van der Waals surface area contributed by atoms with Gasteiger partial charge in [-0.1, -0.05) is 12.1 Å². The van der Waals surface area contributed by atoms with Gasteiger partial charge >= 0.3 is 0 Å². The first-order chi connectivity index (χ1) is 11.1. The number of carbonyl (C=O) groups is 3. The van der Waals surface area contributed by atoms with Crippen LogP contribution in [-0.2, 0) is 16.1 Å². The number of hydrogen-bond acceptors (Lipinski definition) is 3. The molecule has 1 rings (SSSR count). The van der Waals surface area contributed by atoms with Crippen molar-refractivity contribution < 1.29 is 14.4 Å². The highest BCUT2D eigenvalue weighted by atomic mass is 16.2. The van der Waals surface area contributed by atoms with Gasteiger partial charge in [-0.15, -0.1) is 0 Å². The summed E-state index contributed by atoms with van der Waals surface area (Å²) in [6.45, 7) is 3.59. The predicted molar refractivity (Wildman–Crippen MR) is 88.8 cm³/mol. The van der Waals surface area contributed by atoms with Gasteiger partial charge in [0.05, 0.1) is 0 Å². The first kappa shape index (κ1) is 18.7. The average molecular weight is 319 g/mol. The van der Waals surface area contributed by atoms with Crippen LogP contribution in [0.5, 0.6) is 0 Å². The molecule has 6 nitrogen and oxygen atoms in total. The zero-order valence-corrected chi connectivity index (χ0v) is 13.8. The van der Waals surface area contributed by atoms with Crippen molar-refractivity contribution in [3.63, 3.8) is 0 Å². The highest BCUT2D eigenvalue weighted by Gasteiger charge is 2.10. The van der Waals surface area contributed by atoms with Gasteiger partial charge in [0.2, 0.25) is 12.3 Å². The summed E-state index contributed by atoms with van der Waals surface area (Å²) in [5.41, 5.74) is 1.60. The Morgan fingerprint density at radius 1 is 1.17 bits per heavy atom. The molecular weight excluding hydrogens is 294 g/mol. The predicted octanol–water partition coefficient (Wildman–Crippen LogP) is 1.31. The fourth-order valence-electron chi connectivity index (χ4n) is 2.14. The Kier molecular flexibility index (Phi) is 8.42. The van der Waals surface area contributed by atoms with E-state index in [1.807, 2.05) is 19.1 Å². The van der Waals surface area contributed by atoms with Gasteiger partial charge in [0.25, 0.3) is 5.91 Å². The van der Waals surface area contributed by atoms with Crippen molar-refractivity contribution in [3.05, 3.63) is 35.4 Å². The van der Waals surface area contributed by atoms with E-state index in [0.717, 1.165) is 18.4 Å². The second-order valence-corrected chi connectivity index (χ2v) is 5.34. The van der Waals surface area contributed by atoms with Gasteiger partial charge < -0.3 is 15.5 Å². The SMILES string of the molecule is CCNC(=O)c1ccc(CN(C)C(=O)CCCCNC=O)cc1. The van der Waals surface area contributed by atoms with Gasteiger partial charge in [-0.05, 0) is 37.5 Å². The highest BCUT2D eigenvalue weighted by Crippen LogP contribution is 2.08. The molecule has 0 spiro atoms. The maximum Gasteiger partial charge on any atom is 0.251 e. The Hall–Kier alpha value is -2.37. The minimum Gasteiger partial charge on any atom is -0.359 e. The van der Waals surface area contributed by atoms with Crippen LogP contribution in [0, 0.1) is 0 Å². The van der Waals surface area contributed by atoms with Crippen LogP contribution in [-0.4, -0.2) is 43.3 Å². The average Bonchev–Trinajstić information content (AvgIpc) is 2.55. The van der Waals surface area contributed by atoms with E-state index in [1.165, 1.54) is 0 Å². The number of amides is 3. The summed E-state index contributed by atoms with van der Waals surface area (Å²) in [6.07, 6.45) is 2.67. The van der Waals surface area contributed by atoms with E-state index in [0.29, 0.717) is 38.0 Å². The van der Waals surface area contributed by atoms with E-state index < -0.39 is 0 Å². The van der Waals surface area contributed by atoms with Gasteiger partial charge in [0.15, 0.2) is 0 Å². The Morgan fingerprint density at radius 3 is 2.48 bits per heavy atom. The Bertz CT molecular complexity index is 514. The number of unbranched alkanes of at least 4 members (excludes halogenated alkanes) is 1. The lowest BCUT2D eigenvalue weighted by atomic mass is 10.1. The molecule has 6 heteroatoms. The molecule has 0 radical (unpaired) electrons. The van der Waals surface area contributed by atoms with Gasteiger partial charge in [0, 0.05) is 38.7 Å².